The lowest BCUT2D eigenvalue weighted by Gasteiger charge is -2.27. The van der Waals surface area contributed by atoms with Crippen molar-refractivity contribution >= 4 is 53.5 Å². The van der Waals surface area contributed by atoms with Crippen LogP contribution in [-0.2, 0) is 44.7 Å². The summed E-state index contributed by atoms with van der Waals surface area (Å²) in [6.45, 7) is 11.5. The van der Waals surface area contributed by atoms with Gasteiger partial charge in [-0.15, -0.1) is 5.10 Å². The molecule has 5 amide bonds. The molecule has 2 aliphatic rings. The van der Waals surface area contributed by atoms with Crippen LogP contribution in [0.2, 0.25) is 0 Å². The van der Waals surface area contributed by atoms with Gasteiger partial charge in [-0.2, -0.15) is 0 Å². The number of hydrogen-bond acceptors (Lipinski definition) is 13. The molecule has 0 radical (unpaired) electrons. The molecule has 0 spiro atoms. The Balaban J connectivity index is 0.000000202. The molecule has 0 saturated heterocycles. The number of hydrazine groups is 1. The quantitative estimate of drug-likeness (QED) is 0.0333. The first kappa shape index (κ1) is 53.7. The first-order valence-corrected chi connectivity index (χ1v) is 25.2. The summed E-state index contributed by atoms with van der Waals surface area (Å²) in [6.07, 6.45) is 7.10. The number of H-pyrrole nitrogens is 1. The van der Waals surface area contributed by atoms with Crippen molar-refractivity contribution in [3.05, 3.63) is 167 Å². The van der Waals surface area contributed by atoms with Crippen LogP contribution in [0.15, 0.2) is 138 Å². The molecule has 0 unspecified atom stereocenters. The number of pyridine rings is 2. The van der Waals surface area contributed by atoms with Gasteiger partial charge in [-0.05, 0) is 160 Å². The number of aromatic amines is 1. The molecule has 2 atom stereocenters. The van der Waals surface area contributed by atoms with Crippen LogP contribution in [-0.4, -0.2) is 86.4 Å². The Labute approximate surface area is 445 Å². The number of aromatic nitrogens is 4. The molecule has 9 rings (SSSR count). The third-order valence-corrected chi connectivity index (χ3v) is 12.5. The van der Waals surface area contributed by atoms with Gasteiger partial charge in [-0.1, -0.05) is 60.7 Å². The summed E-state index contributed by atoms with van der Waals surface area (Å²) in [5.74, 6) is 4.86. The number of nitrogens with zero attached hydrogens (tertiary/aromatic N) is 5. The van der Waals surface area contributed by atoms with Gasteiger partial charge in [0.2, 0.25) is 17.7 Å². The predicted octanol–water partition coefficient (Wildman–Crippen LogP) is 8.86. The van der Waals surface area contributed by atoms with Crippen molar-refractivity contribution in [3.8, 4) is 33.7 Å². The Bertz CT molecular complexity index is 3270. The Morgan fingerprint density at radius 3 is 1.53 bits per heavy atom. The van der Waals surface area contributed by atoms with E-state index >= 15 is 0 Å². The van der Waals surface area contributed by atoms with Crippen molar-refractivity contribution in [1.82, 2.24) is 36.2 Å². The third kappa shape index (κ3) is 13.4. The summed E-state index contributed by atoms with van der Waals surface area (Å²) in [5.41, 5.74) is 10.1. The van der Waals surface area contributed by atoms with Gasteiger partial charge in [0, 0.05) is 73.2 Å². The molecule has 4 aromatic carbocycles. The van der Waals surface area contributed by atoms with Crippen molar-refractivity contribution in [2.45, 2.75) is 90.5 Å². The lowest BCUT2D eigenvalue weighted by molar-refractivity contribution is -0.121. The molecule has 2 aliphatic heterocycles. The van der Waals surface area contributed by atoms with E-state index in [1.165, 1.54) is 0 Å². The third-order valence-electron chi connectivity index (χ3n) is 12.4. The fraction of sp³-hybridized carbons (Fsp3) is 0.281. The minimum absolute atomic E-state index is 0.170. The zero-order chi connectivity index (χ0) is 54.1. The molecule has 6 N–H and O–H groups in total. The van der Waals surface area contributed by atoms with E-state index in [1.54, 1.807) is 82.2 Å². The van der Waals surface area contributed by atoms with Crippen molar-refractivity contribution in [3.63, 3.8) is 0 Å². The van der Waals surface area contributed by atoms with Crippen molar-refractivity contribution < 1.29 is 37.9 Å². The molecule has 0 bridgehead atoms. The number of nitrogens with two attached hydrogens (primary N) is 1. The predicted molar refractivity (Wildman–Crippen MR) is 290 cm³/mol. The van der Waals surface area contributed by atoms with Gasteiger partial charge in [0.05, 0.1) is 0 Å². The maximum Gasteiger partial charge on any atom is 0.408 e. The highest BCUT2D eigenvalue weighted by Gasteiger charge is 2.37. The molecule has 3 aromatic heterocycles. The minimum Gasteiger partial charge on any atom is -0.444 e. The average Bonchev–Trinajstić information content (AvgIpc) is 4.17. The van der Waals surface area contributed by atoms with Crippen molar-refractivity contribution in [2.75, 3.05) is 22.9 Å². The van der Waals surface area contributed by atoms with Crippen molar-refractivity contribution in [1.29, 1.82) is 0 Å². The van der Waals surface area contributed by atoms with Gasteiger partial charge in [0.25, 0.3) is 10.7 Å². The van der Waals surface area contributed by atoms with Crippen LogP contribution < -0.4 is 31.7 Å². The van der Waals surface area contributed by atoms with E-state index in [9.17, 15) is 24.0 Å². The lowest BCUT2D eigenvalue weighted by Crippen LogP contribution is -2.50. The normalized spacial score (nSPS) is 13.5. The zero-order valence-corrected chi connectivity index (χ0v) is 43.9. The first-order valence-electron chi connectivity index (χ1n) is 24.7. The van der Waals surface area contributed by atoms with Crippen LogP contribution in [0.1, 0.15) is 74.2 Å². The average molecular weight is 1050 g/mol. The number of amides is 5. The van der Waals surface area contributed by atoms with Crippen LogP contribution in [0.5, 0.6) is 0 Å². The molecular weight excluding hydrogens is 985 g/mol. The number of carbonyl (C=O) groups excluding carboxylic acids is 5. The number of benzene rings is 4. The highest BCUT2D eigenvalue weighted by molar-refractivity contribution is 7.71. The molecular formula is C57H60N10O8S. The Hall–Kier alpha value is -8.55. The number of nitrogen functional groups attached to an aromatic ring is 1. The van der Waals surface area contributed by atoms with Crippen molar-refractivity contribution in [2.24, 2.45) is 5.84 Å². The number of anilines is 2. The van der Waals surface area contributed by atoms with E-state index < -0.39 is 41.4 Å². The van der Waals surface area contributed by atoms with E-state index in [0.717, 1.165) is 55.8 Å². The van der Waals surface area contributed by atoms with Gasteiger partial charge in [0.1, 0.15) is 23.3 Å². The molecule has 392 valence electrons. The van der Waals surface area contributed by atoms with Gasteiger partial charge < -0.3 is 34.3 Å². The summed E-state index contributed by atoms with van der Waals surface area (Å²) in [4.78, 5) is 77.8. The summed E-state index contributed by atoms with van der Waals surface area (Å²) in [5, 5.41) is 12.5. The topological polar surface area (TPSA) is 240 Å². The summed E-state index contributed by atoms with van der Waals surface area (Å²) in [6, 6.07) is 32.4. The second-order valence-corrected chi connectivity index (χ2v) is 20.5. The second kappa shape index (κ2) is 23.3. The lowest BCUT2D eigenvalue weighted by atomic mass is 9.97. The molecule has 5 heterocycles. The summed E-state index contributed by atoms with van der Waals surface area (Å²) >= 11 is 5.12. The van der Waals surface area contributed by atoms with Gasteiger partial charge in [-0.25, -0.2) is 20.5 Å². The standard InChI is InChI=1S/C29H29N5O4S.C28H31N5O4/c1-29(2,3)38-27(36)31-23(15-18-7-5-4-6-8-18)26(35)34-14-11-21-22(25-32-33-28(39)37-25)16-20(17-24(21)34)19-9-12-30-13-10-19;1-28(2,3)37-27(36)31-23(15-18-7-5-4-6-8-18)26(35)33-14-11-21-22(25(34)32-29)16-20(17-24(21)33)19-9-12-30-13-10-19/h4-10,12-13,16-17,23H,11,14-15H2,1-3H3,(H,31,36)(H,33,39);4-10,12-13,16-17,23H,11,14-15,29H2,1-3H3,(H,31,36)(H,32,34)/t2*23-/m00/s1. The Morgan fingerprint density at radius 1 is 0.645 bits per heavy atom. The molecule has 7 aromatic rings. The van der Waals surface area contributed by atoms with E-state index in [4.69, 9.17) is 32.0 Å². The number of ether oxygens (including phenoxy) is 2. The van der Waals surface area contributed by atoms with Gasteiger partial charge >= 0.3 is 12.2 Å². The highest BCUT2D eigenvalue weighted by atomic mass is 32.1. The number of nitrogens with one attached hydrogen (secondary N) is 4. The smallest absolute Gasteiger partial charge is 0.408 e. The van der Waals surface area contributed by atoms with E-state index in [2.05, 4.69) is 36.2 Å². The maximum atomic E-state index is 14.1. The van der Waals surface area contributed by atoms with Crippen LogP contribution in [0.3, 0.4) is 0 Å². The second-order valence-electron chi connectivity index (χ2n) is 20.2. The number of fused-ring (bicyclic) bond motifs is 2. The van der Waals surface area contributed by atoms with E-state index in [0.29, 0.717) is 49.5 Å². The molecule has 76 heavy (non-hydrogen) atoms. The van der Waals surface area contributed by atoms with Crippen LogP contribution in [0.25, 0.3) is 33.7 Å². The zero-order valence-electron chi connectivity index (χ0n) is 43.1. The fourth-order valence-corrected chi connectivity index (χ4v) is 9.20. The Morgan fingerprint density at radius 2 is 1.09 bits per heavy atom. The SMILES string of the molecule is CC(C)(C)OC(=O)N[C@@H](Cc1ccccc1)C(=O)N1CCc2c(-c3n[nH]c(=S)o3)cc(-c3ccncc3)cc21.CC(C)(C)OC(=O)N[C@@H](Cc1ccccc1)C(=O)N1CCc2c(C(=O)NN)cc(-c3ccncc3)cc21. The van der Waals surface area contributed by atoms with Crippen LogP contribution in [0, 0.1) is 4.84 Å². The monoisotopic (exact) mass is 1040 g/mol. The summed E-state index contributed by atoms with van der Waals surface area (Å²) in [7, 11) is 0. The van der Waals surface area contributed by atoms with Gasteiger partial charge in [0.15, 0.2) is 0 Å². The largest absolute Gasteiger partial charge is 0.444 e. The molecule has 19 heteroatoms. The van der Waals surface area contributed by atoms with E-state index in [-0.39, 0.29) is 23.1 Å². The Kier molecular flexibility index (Phi) is 16.5. The number of rotatable bonds is 12. The molecule has 18 nitrogen and oxygen atoms in total. The highest BCUT2D eigenvalue weighted by Crippen LogP contribution is 2.41. The maximum absolute atomic E-state index is 14.1. The molecule has 0 aliphatic carbocycles. The van der Waals surface area contributed by atoms with Crippen LogP contribution >= 0.6 is 12.2 Å². The fourth-order valence-electron chi connectivity index (χ4n) is 9.08. The number of hydrogen-bond donors (Lipinski definition) is 5. The number of carbonyl (C=O) groups is 5. The number of alkyl carbamates (subject to hydrolysis) is 2. The molecule has 0 saturated carbocycles. The first-order chi connectivity index (χ1) is 36.3. The molecule has 0 fully saturated rings. The summed E-state index contributed by atoms with van der Waals surface area (Å²) < 4.78 is 16.6. The van der Waals surface area contributed by atoms with Gasteiger partial charge in [-0.3, -0.25) is 29.8 Å². The minimum atomic E-state index is -0.875. The van der Waals surface area contributed by atoms with Crippen LogP contribution in [0.4, 0.5) is 21.0 Å². The van der Waals surface area contributed by atoms with E-state index in [1.807, 2.05) is 103 Å².